The molecule has 51 heavy (non-hydrogen) atoms. The minimum atomic E-state index is -0.109. The van der Waals surface area contributed by atoms with E-state index in [2.05, 4.69) is 190 Å². The van der Waals surface area contributed by atoms with E-state index >= 15 is 0 Å². The standard InChI is InChI=1S/C51H36/c1-51(2)48-31-34(16-7-6-15-33-13-4-3-5-14-33)25-27-43(48)44-28-26-35(32-49(44)51)36-19-10-21-38-37(36)20-11-22-39(38)42-29-30-47-41-18-9-8-17-40(41)45-23-12-24-46(42)50(45)47/h3-32H,1-2H3. The van der Waals surface area contributed by atoms with Gasteiger partial charge in [-0.3, -0.25) is 0 Å². The Hall–Kier alpha value is -6.24. The van der Waals surface area contributed by atoms with Gasteiger partial charge < -0.3 is 0 Å². The Morgan fingerprint density at radius 2 is 0.863 bits per heavy atom. The molecule has 0 N–H and O–H groups in total. The third-order valence-corrected chi connectivity index (χ3v) is 11.3. The summed E-state index contributed by atoms with van der Waals surface area (Å²) in [6.45, 7) is 4.75. The molecule has 0 bridgehead atoms. The van der Waals surface area contributed by atoms with E-state index in [0.29, 0.717) is 0 Å². The van der Waals surface area contributed by atoms with Gasteiger partial charge in [0.05, 0.1) is 0 Å². The van der Waals surface area contributed by atoms with Crippen molar-refractivity contribution in [1.29, 1.82) is 0 Å². The highest BCUT2D eigenvalue weighted by atomic mass is 14.4. The van der Waals surface area contributed by atoms with Crippen LogP contribution in [0, 0.1) is 0 Å². The van der Waals surface area contributed by atoms with Crippen LogP contribution in [-0.4, -0.2) is 0 Å². The van der Waals surface area contributed by atoms with Crippen LogP contribution in [0.4, 0.5) is 0 Å². The molecule has 0 amide bonds. The van der Waals surface area contributed by atoms with Crippen LogP contribution >= 0.6 is 0 Å². The molecule has 0 fully saturated rings. The van der Waals surface area contributed by atoms with Gasteiger partial charge in [-0.2, -0.15) is 0 Å². The van der Waals surface area contributed by atoms with E-state index in [0.717, 1.165) is 0 Å². The molecule has 0 spiro atoms. The van der Waals surface area contributed by atoms with Gasteiger partial charge in [-0.25, -0.2) is 0 Å². The van der Waals surface area contributed by atoms with Crippen molar-refractivity contribution in [3.63, 3.8) is 0 Å². The van der Waals surface area contributed by atoms with Crippen LogP contribution in [0.15, 0.2) is 170 Å². The predicted octanol–water partition coefficient (Wildman–Crippen LogP) is 14.0. The normalized spacial score (nSPS) is 13.7. The molecule has 0 unspecified atom stereocenters. The highest BCUT2D eigenvalue weighted by molar-refractivity contribution is 6.20. The quantitative estimate of drug-likeness (QED) is 0.163. The summed E-state index contributed by atoms with van der Waals surface area (Å²) in [4.78, 5) is 0. The average Bonchev–Trinajstić information content (AvgIpc) is 3.62. The summed E-state index contributed by atoms with van der Waals surface area (Å²) < 4.78 is 0. The summed E-state index contributed by atoms with van der Waals surface area (Å²) >= 11 is 0. The lowest BCUT2D eigenvalue weighted by Crippen LogP contribution is -2.15. The minimum absolute atomic E-state index is 0.109. The van der Waals surface area contributed by atoms with E-state index in [-0.39, 0.29) is 5.41 Å². The Morgan fingerprint density at radius 1 is 0.353 bits per heavy atom. The molecule has 2 aliphatic carbocycles. The highest BCUT2D eigenvalue weighted by Gasteiger charge is 2.35. The topological polar surface area (TPSA) is 0 Å². The molecule has 0 heterocycles. The summed E-state index contributed by atoms with van der Waals surface area (Å²) in [5.74, 6) is 0. The lowest BCUT2D eigenvalue weighted by atomic mass is 9.81. The molecule has 0 heteroatoms. The zero-order valence-corrected chi connectivity index (χ0v) is 28.8. The number of fused-ring (bicyclic) bond motifs is 7. The third kappa shape index (κ3) is 4.60. The molecule has 0 aliphatic heterocycles. The van der Waals surface area contributed by atoms with Crippen molar-refractivity contribution in [2.75, 3.05) is 0 Å². The second-order valence-corrected chi connectivity index (χ2v) is 14.5. The summed E-state index contributed by atoms with van der Waals surface area (Å²) in [5, 5.41) is 5.25. The maximum Gasteiger partial charge on any atom is 0.0159 e. The fourth-order valence-electron chi connectivity index (χ4n) is 8.76. The van der Waals surface area contributed by atoms with E-state index in [9.17, 15) is 0 Å². The van der Waals surface area contributed by atoms with Crippen LogP contribution in [0.2, 0.25) is 0 Å². The number of allylic oxidation sites excluding steroid dienone is 2. The van der Waals surface area contributed by atoms with Gasteiger partial charge in [-0.15, -0.1) is 0 Å². The molecular weight excluding hydrogens is 613 g/mol. The van der Waals surface area contributed by atoms with E-state index in [4.69, 9.17) is 0 Å². The van der Waals surface area contributed by atoms with Gasteiger partial charge in [0, 0.05) is 5.41 Å². The fourth-order valence-corrected chi connectivity index (χ4v) is 8.76. The second kappa shape index (κ2) is 11.4. The summed E-state index contributed by atoms with van der Waals surface area (Å²) in [5.41, 5.74) is 18.2. The van der Waals surface area contributed by atoms with Crippen LogP contribution in [-0.2, 0) is 5.41 Å². The van der Waals surface area contributed by atoms with E-state index in [1.54, 1.807) is 0 Å². The molecule has 0 radical (unpaired) electrons. The van der Waals surface area contributed by atoms with Gasteiger partial charge in [-0.1, -0.05) is 190 Å². The molecular formula is C51H36. The molecule has 0 atom stereocenters. The molecule has 0 nitrogen and oxygen atoms in total. The Balaban J connectivity index is 1.03. The molecule has 0 saturated carbocycles. The molecule has 0 aromatic heterocycles. The second-order valence-electron chi connectivity index (χ2n) is 14.5. The van der Waals surface area contributed by atoms with Crippen LogP contribution in [0.5, 0.6) is 0 Å². The predicted molar refractivity (Wildman–Crippen MR) is 219 cm³/mol. The van der Waals surface area contributed by atoms with Crippen molar-refractivity contribution < 1.29 is 0 Å². The first-order valence-electron chi connectivity index (χ1n) is 17.9. The number of rotatable bonds is 5. The number of hydrogen-bond acceptors (Lipinski definition) is 0. The van der Waals surface area contributed by atoms with Gasteiger partial charge in [0.2, 0.25) is 0 Å². The van der Waals surface area contributed by atoms with Gasteiger partial charge in [0.1, 0.15) is 0 Å². The van der Waals surface area contributed by atoms with E-state index < -0.39 is 0 Å². The fraction of sp³-hybridized carbons (Fsp3) is 0.0588. The lowest BCUT2D eigenvalue weighted by Gasteiger charge is -2.22. The first-order valence-corrected chi connectivity index (χ1v) is 17.9. The maximum absolute atomic E-state index is 2.45. The van der Waals surface area contributed by atoms with Crippen molar-refractivity contribution >= 4 is 33.7 Å². The van der Waals surface area contributed by atoms with Gasteiger partial charge in [-0.05, 0) is 105 Å². The van der Waals surface area contributed by atoms with Crippen LogP contribution in [0.25, 0.3) is 89.3 Å². The van der Waals surface area contributed by atoms with Crippen molar-refractivity contribution in [3.8, 4) is 55.6 Å². The van der Waals surface area contributed by atoms with Crippen molar-refractivity contribution in [2.45, 2.75) is 19.3 Å². The highest BCUT2D eigenvalue weighted by Crippen LogP contribution is 2.52. The van der Waals surface area contributed by atoms with Crippen LogP contribution in [0.1, 0.15) is 36.1 Å². The molecule has 10 rings (SSSR count). The summed E-state index contributed by atoms with van der Waals surface area (Å²) in [7, 11) is 0. The average molecular weight is 649 g/mol. The SMILES string of the molecule is CC1(C)c2cc(C=CC=Cc3ccccc3)ccc2-c2ccc(-c3cccc4c(-c5ccc6c7c(cccc57)-c5ccccc5-6)cccc34)cc21. The Morgan fingerprint density at radius 3 is 1.63 bits per heavy atom. The van der Waals surface area contributed by atoms with E-state index in [1.807, 2.05) is 6.07 Å². The smallest absolute Gasteiger partial charge is 0.0159 e. The number of hydrogen-bond donors (Lipinski definition) is 0. The zero-order chi connectivity index (χ0) is 34.1. The van der Waals surface area contributed by atoms with Crippen molar-refractivity contribution in [1.82, 2.24) is 0 Å². The minimum Gasteiger partial charge on any atom is -0.0622 e. The monoisotopic (exact) mass is 648 g/mol. The molecule has 2 aliphatic rings. The first kappa shape index (κ1) is 29.7. The van der Waals surface area contributed by atoms with Gasteiger partial charge in [0.15, 0.2) is 0 Å². The van der Waals surface area contributed by atoms with Gasteiger partial charge in [0.25, 0.3) is 0 Å². The van der Waals surface area contributed by atoms with Crippen molar-refractivity contribution in [3.05, 3.63) is 192 Å². The van der Waals surface area contributed by atoms with Crippen LogP contribution < -0.4 is 0 Å². The Bertz CT molecular complexity index is 2720. The van der Waals surface area contributed by atoms with Gasteiger partial charge >= 0.3 is 0 Å². The largest absolute Gasteiger partial charge is 0.0622 e. The van der Waals surface area contributed by atoms with Crippen molar-refractivity contribution in [2.24, 2.45) is 0 Å². The van der Waals surface area contributed by atoms with E-state index in [1.165, 1.54) is 99.4 Å². The third-order valence-electron chi connectivity index (χ3n) is 11.3. The Labute approximate surface area is 299 Å². The molecule has 8 aromatic rings. The summed E-state index contributed by atoms with van der Waals surface area (Å²) in [6, 6.07) is 58.4. The lowest BCUT2D eigenvalue weighted by molar-refractivity contribution is 0.660. The molecule has 240 valence electrons. The molecule has 0 saturated heterocycles. The Kier molecular flexibility index (Phi) is 6.63. The summed E-state index contributed by atoms with van der Waals surface area (Å²) in [6.07, 6.45) is 8.61. The van der Waals surface area contributed by atoms with Crippen LogP contribution in [0.3, 0.4) is 0 Å². The zero-order valence-electron chi connectivity index (χ0n) is 28.8. The first-order chi connectivity index (χ1) is 25.1. The maximum atomic E-state index is 2.45. The molecule has 8 aromatic carbocycles. The number of benzene rings is 8.